The smallest absolute Gasteiger partial charge is 0.370 e. The van der Waals surface area contributed by atoms with Crippen LogP contribution in [0.15, 0.2) is 24.4 Å². The predicted octanol–water partition coefficient (Wildman–Crippen LogP) is 4.79. The normalized spacial score (nSPS) is 20.4. The molecule has 1 saturated heterocycles. The lowest BCUT2D eigenvalue weighted by atomic mass is 9.85. The first-order valence-corrected chi connectivity index (χ1v) is 12.1. The summed E-state index contributed by atoms with van der Waals surface area (Å²) in [4.78, 5) is 25.4. The first kappa shape index (κ1) is 24.4. The summed E-state index contributed by atoms with van der Waals surface area (Å²) in [6, 6.07) is 7.69. The van der Waals surface area contributed by atoms with Crippen LogP contribution in [0.4, 0.5) is 18.9 Å². The van der Waals surface area contributed by atoms with E-state index in [1.165, 1.54) is 4.57 Å². The van der Waals surface area contributed by atoms with Crippen molar-refractivity contribution in [1.82, 2.24) is 19.4 Å². The molecule has 2 aliphatic heterocycles. The molecule has 5 rings (SSSR count). The lowest BCUT2D eigenvalue weighted by Crippen LogP contribution is -2.49. The zero-order valence-electron chi connectivity index (χ0n) is 19.8. The molecule has 36 heavy (non-hydrogen) atoms. The molecule has 2 atom stereocenters. The van der Waals surface area contributed by atoms with Crippen LogP contribution in [0.3, 0.4) is 0 Å². The van der Waals surface area contributed by atoms with Crippen LogP contribution in [0.5, 0.6) is 0 Å². The molecule has 4 heterocycles. The number of anilines is 1. The van der Waals surface area contributed by atoms with E-state index in [2.05, 4.69) is 20.9 Å². The number of alkyl halides is 3. The molecule has 0 radical (unpaired) electrons. The zero-order valence-corrected chi connectivity index (χ0v) is 20.6. The van der Waals surface area contributed by atoms with Crippen LogP contribution in [-0.2, 0) is 24.1 Å². The van der Waals surface area contributed by atoms with Gasteiger partial charge in [0.05, 0.1) is 29.0 Å². The SMILES string of the molecule is Cc1nc2ccc(Cl)cc2c(N2CCC(C(=O)N3CCn4cc(C(F)(F)F)nc4C3)C(C)C2)c1C#N. The summed E-state index contributed by atoms with van der Waals surface area (Å²) < 4.78 is 40.6. The number of carbonyl (C=O) groups excluding carboxylic acids is 1. The largest absolute Gasteiger partial charge is 0.434 e. The molecule has 0 spiro atoms. The Morgan fingerprint density at radius 1 is 1.22 bits per heavy atom. The Balaban J connectivity index is 1.36. The fourth-order valence-corrected chi connectivity index (χ4v) is 5.50. The average molecular weight is 517 g/mol. The van der Waals surface area contributed by atoms with E-state index < -0.39 is 11.9 Å². The number of aryl methyl sites for hydroxylation is 1. The molecular formula is C25H24ClF3N6O. The van der Waals surface area contributed by atoms with E-state index in [9.17, 15) is 23.2 Å². The first-order chi connectivity index (χ1) is 17.1. The second-order valence-electron chi connectivity index (χ2n) is 9.51. The summed E-state index contributed by atoms with van der Waals surface area (Å²) in [5.74, 6) is -0.119. The Bertz CT molecular complexity index is 1400. The average Bonchev–Trinajstić information content (AvgIpc) is 3.27. The zero-order chi connectivity index (χ0) is 25.8. The maximum absolute atomic E-state index is 13.4. The Morgan fingerprint density at radius 3 is 2.69 bits per heavy atom. The summed E-state index contributed by atoms with van der Waals surface area (Å²) in [7, 11) is 0. The van der Waals surface area contributed by atoms with Crippen molar-refractivity contribution < 1.29 is 18.0 Å². The Morgan fingerprint density at radius 2 is 2.00 bits per heavy atom. The monoisotopic (exact) mass is 516 g/mol. The maximum atomic E-state index is 13.4. The van der Waals surface area contributed by atoms with E-state index in [1.54, 1.807) is 17.9 Å². The summed E-state index contributed by atoms with van der Waals surface area (Å²) >= 11 is 6.26. The van der Waals surface area contributed by atoms with Crippen LogP contribution in [0.1, 0.15) is 36.1 Å². The van der Waals surface area contributed by atoms with E-state index in [0.717, 1.165) is 22.8 Å². The minimum atomic E-state index is -4.51. The van der Waals surface area contributed by atoms with E-state index in [1.807, 2.05) is 19.1 Å². The van der Waals surface area contributed by atoms with Gasteiger partial charge < -0.3 is 14.4 Å². The number of nitriles is 1. The van der Waals surface area contributed by atoms with Gasteiger partial charge in [-0.3, -0.25) is 9.78 Å². The number of hydrogen-bond acceptors (Lipinski definition) is 5. The van der Waals surface area contributed by atoms with Crippen molar-refractivity contribution in [3.05, 3.63) is 52.2 Å². The third-order valence-corrected chi connectivity index (χ3v) is 7.39. The van der Waals surface area contributed by atoms with Crippen molar-refractivity contribution in [2.45, 2.75) is 39.5 Å². The lowest BCUT2D eigenvalue weighted by Gasteiger charge is -2.40. The van der Waals surface area contributed by atoms with Crippen molar-refractivity contribution in [3.8, 4) is 6.07 Å². The van der Waals surface area contributed by atoms with Gasteiger partial charge in [0.25, 0.3) is 0 Å². The van der Waals surface area contributed by atoms with Crippen LogP contribution in [-0.4, -0.2) is 45.0 Å². The molecule has 2 aliphatic rings. The van der Waals surface area contributed by atoms with Crippen LogP contribution < -0.4 is 4.90 Å². The summed E-state index contributed by atoms with van der Waals surface area (Å²) in [6.45, 7) is 5.60. The summed E-state index contributed by atoms with van der Waals surface area (Å²) in [6.07, 6.45) is -2.94. The third-order valence-electron chi connectivity index (χ3n) is 7.16. The number of pyridine rings is 1. The van der Waals surface area contributed by atoms with Crippen molar-refractivity contribution in [3.63, 3.8) is 0 Å². The number of piperidine rings is 1. The van der Waals surface area contributed by atoms with E-state index >= 15 is 0 Å². The van der Waals surface area contributed by atoms with Crippen LogP contribution in [0.2, 0.25) is 5.02 Å². The van der Waals surface area contributed by atoms with Crippen molar-refractivity contribution in [2.75, 3.05) is 24.5 Å². The number of fused-ring (bicyclic) bond motifs is 2. The van der Waals surface area contributed by atoms with Gasteiger partial charge in [-0.2, -0.15) is 18.4 Å². The van der Waals surface area contributed by atoms with Gasteiger partial charge in [-0.15, -0.1) is 0 Å². The molecule has 2 aromatic heterocycles. The highest BCUT2D eigenvalue weighted by molar-refractivity contribution is 6.31. The first-order valence-electron chi connectivity index (χ1n) is 11.7. The van der Waals surface area contributed by atoms with E-state index in [-0.39, 0.29) is 36.7 Å². The molecule has 0 aliphatic carbocycles. The number of hydrogen-bond donors (Lipinski definition) is 0. The number of nitrogens with zero attached hydrogens (tertiary/aromatic N) is 6. The molecular weight excluding hydrogens is 493 g/mol. The van der Waals surface area contributed by atoms with Crippen LogP contribution in [0.25, 0.3) is 10.9 Å². The van der Waals surface area contributed by atoms with E-state index in [4.69, 9.17) is 11.6 Å². The molecule has 188 valence electrons. The van der Waals surface area contributed by atoms with Gasteiger partial charge in [-0.05, 0) is 37.5 Å². The topological polar surface area (TPSA) is 78.1 Å². The number of aromatic nitrogens is 3. The molecule has 1 aromatic carbocycles. The lowest BCUT2D eigenvalue weighted by molar-refractivity contribution is -0.141. The maximum Gasteiger partial charge on any atom is 0.434 e. The third kappa shape index (κ3) is 4.26. The van der Waals surface area contributed by atoms with Gasteiger partial charge in [-0.1, -0.05) is 18.5 Å². The Labute approximate surface area is 211 Å². The van der Waals surface area contributed by atoms with Crippen molar-refractivity contribution >= 4 is 34.1 Å². The molecule has 2 unspecified atom stereocenters. The van der Waals surface area contributed by atoms with Crippen LogP contribution >= 0.6 is 11.6 Å². The summed E-state index contributed by atoms with van der Waals surface area (Å²) in [5, 5.41) is 11.2. The number of halogens is 4. The van der Waals surface area contributed by atoms with Crippen LogP contribution in [0, 0.1) is 30.1 Å². The number of amides is 1. The molecule has 3 aromatic rings. The molecule has 0 saturated carbocycles. The molecule has 0 N–H and O–H groups in total. The van der Waals surface area contributed by atoms with Gasteiger partial charge in [-0.25, -0.2) is 4.98 Å². The predicted molar refractivity (Wildman–Crippen MR) is 128 cm³/mol. The van der Waals surface area contributed by atoms with E-state index in [0.29, 0.717) is 42.3 Å². The second kappa shape index (κ2) is 8.96. The minimum Gasteiger partial charge on any atom is -0.370 e. The fraction of sp³-hybridized carbons (Fsp3) is 0.440. The number of benzene rings is 1. The molecule has 0 bridgehead atoms. The molecule has 11 heteroatoms. The fourth-order valence-electron chi connectivity index (χ4n) is 5.33. The van der Waals surface area contributed by atoms with Crippen molar-refractivity contribution in [1.29, 1.82) is 5.26 Å². The highest BCUT2D eigenvalue weighted by Crippen LogP contribution is 2.37. The highest BCUT2D eigenvalue weighted by atomic mass is 35.5. The summed E-state index contributed by atoms with van der Waals surface area (Å²) in [5.41, 5.74) is 1.72. The Kier molecular flexibility index (Phi) is 6.07. The minimum absolute atomic E-state index is 0.0343. The van der Waals surface area contributed by atoms with Gasteiger partial charge >= 0.3 is 6.18 Å². The van der Waals surface area contributed by atoms with Gasteiger partial charge in [0.2, 0.25) is 5.91 Å². The quantitative estimate of drug-likeness (QED) is 0.489. The molecule has 7 nitrogen and oxygen atoms in total. The Hall–Kier alpha value is -3.32. The second-order valence-corrected chi connectivity index (χ2v) is 9.94. The van der Waals surface area contributed by atoms with Gasteiger partial charge in [0.15, 0.2) is 5.69 Å². The number of carbonyl (C=O) groups is 1. The van der Waals surface area contributed by atoms with Crippen molar-refractivity contribution in [2.24, 2.45) is 11.8 Å². The van der Waals surface area contributed by atoms with Gasteiger partial charge in [0, 0.05) is 48.7 Å². The van der Waals surface area contributed by atoms with Gasteiger partial charge in [0.1, 0.15) is 11.9 Å². The number of rotatable bonds is 2. The number of imidazole rings is 1. The standard InChI is InChI=1S/C25H24ClF3N6O/c1-14-11-34(23-18-9-16(26)3-4-20(18)31-15(2)19(23)10-30)6-5-17(14)24(36)35-8-7-33-12-21(25(27,28)29)32-22(33)13-35/h3-4,9,12,14,17H,5-8,11,13H2,1-2H3. The molecule has 1 amide bonds. The molecule has 1 fully saturated rings. The highest BCUT2D eigenvalue weighted by Gasteiger charge is 2.39.